The monoisotopic (exact) mass is 152 g/mol. The van der Waals surface area contributed by atoms with Gasteiger partial charge in [0.15, 0.2) is 0 Å². The van der Waals surface area contributed by atoms with E-state index in [0.717, 1.165) is 23.9 Å². The second-order valence-electron chi connectivity index (χ2n) is 1.43. The van der Waals surface area contributed by atoms with Crippen molar-refractivity contribution in [3.8, 4) is 0 Å². The molecule has 0 aromatic carbocycles. The quantitative estimate of drug-likeness (QED) is 0.550. The van der Waals surface area contributed by atoms with Gasteiger partial charge in [-0.3, -0.25) is 4.99 Å². The number of aliphatic imine (C=N–C) groups is 1. The molecule has 1 aliphatic rings. The van der Waals surface area contributed by atoms with E-state index in [4.69, 9.17) is 5.73 Å². The molecule has 2 N–H and O–H groups in total. The molecule has 0 aromatic rings. The van der Waals surface area contributed by atoms with Crippen LogP contribution in [0.4, 0.5) is 0 Å². The second kappa shape index (κ2) is 4.04. The van der Waals surface area contributed by atoms with Crippen molar-refractivity contribution in [1.82, 2.24) is 0 Å². The van der Waals surface area contributed by atoms with E-state index in [1.54, 1.807) is 0 Å². The first-order valence-electron chi connectivity index (χ1n) is 2.26. The van der Waals surface area contributed by atoms with Gasteiger partial charge >= 0.3 is 0 Å². The van der Waals surface area contributed by atoms with Crippen molar-refractivity contribution >= 4 is 30.0 Å². The van der Waals surface area contributed by atoms with Crippen LogP contribution in [0.5, 0.6) is 0 Å². The first-order chi connectivity index (χ1) is 3.39. The standard InChI is InChI=1S/C4H8N2S.ClH/c5-4-3-7-2-1-6-4;/h1-3H2,(H2,5,6);1H. The van der Waals surface area contributed by atoms with Gasteiger partial charge in [0.05, 0.1) is 12.3 Å². The van der Waals surface area contributed by atoms with Crippen LogP contribution in [0.2, 0.25) is 0 Å². The van der Waals surface area contributed by atoms with Gasteiger partial charge in [-0.05, 0) is 0 Å². The Bertz CT molecular complexity index is 94.0. The van der Waals surface area contributed by atoms with Crippen LogP contribution in [0, 0.1) is 0 Å². The number of hydrogen-bond acceptors (Lipinski definition) is 3. The number of nitrogens with two attached hydrogens (primary N) is 1. The van der Waals surface area contributed by atoms with Gasteiger partial charge in [-0.2, -0.15) is 11.8 Å². The van der Waals surface area contributed by atoms with E-state index >= 15 is 0 Å². The van der Waals surface area contributed by atoms with E-state index in [-0.39, 0.29) is 12.4 Å². The first kappa shape index (κ1) is 8.11. The summed E-state index contributed by atoms with van der Waals surface area (Å²) in [5.74, 6) is 2.87. The highest BCUT2D eigenvalue weighted by Gasteiger charge is 1.97. The molecule has 0 amide bonds. The molecule has 0 radical (unpaired) electrons. The molecule has 1 heterocycles. The summed E-state index contributed by atoms with van der Waals surface area (Å²) in [5.41, 5.74) is 5.36. The van der Waals surface area contributed by atoms with Crippen molar-refractivity contribution in [3.63, 3.8) is 0 Å². The molecule has 1 aliphatic heterocycles. The van der Waals surface area contributed by atoms with Gasteiger partial charge in [0.1, 0.15) is 5.84 Å². The van der Waals surface area contributed by atoms with Crippen molar-refractivity contribution in [2.75, 3.05) is 18.1 Å². The van der Waals surface area contributed by atoms with Crippen molar-refractivity contribution in [2.45, 2.75) is 0 Å². The van der Waals surface area contributed by atoms with E-state index in [1.807, 2.05) is 11.8 Å². The second-order valence-corrected chi connectivity index (χ2v) is 2.53. The Balaban J connectivity index is 0.000000490. The number of hydrogen-bond donors (Lipinski definition) is 1. The Morgan fingerprint density at radius 1 is 1.62 bits per heavy atom. The summed E-state index contributed by atoms with van der Waals surface area (Å²) in [6, 6.07) is 0. The highest BCUT2D eigenvalue weighted by Crippen LogP contribution is 2.02. The van der Waals surface area contributed by atoms with Crippen LogP contribution in [0.3, 0.4) is 0 Å². The predicted molar refractivity (Wildman–Crippen MR) is 41.1 cm³/mol. The SMILES string of the molecule is Cl.NC1=NCCSC1. The third kappa shape index (κ3) is 2.43. The molecule has 8 heavy (non-hydrogen) atoms. The number of halogens is 1. The third-order valence-electron chi connectivity index (χ3n) is 0.800. The Kier molecular flexibility index (Phi) is 4.09. The minimum Gasteiger partial charge on any atom is -0.387 e. The fraction of sp³-hybridized carbons (Fsp3) is 0.750. The van der Waals surface area contributed by atoms with Crippen molar-refractivity contribution in [3.05, 3.63) is 0 Å². The summed E-state index contributed by atoms with van der Waals surface area (Å²) < 4.78 is 0. The lowest BCUT2D eigenvalue weighted by Crippen LogP contribution is -2.19. The van der Waals surface area contributed by atoms with Gasteiger partial charge < -0.3 is 5.73 Å². The van der Waals surface area contributed by atoms with E-state index < -0.39 is 0 Å². The van der Waals surface area contributed by atoms with E-state index in [9.17, 15) is 0 Å². The lowest BCUT2D eigenvalue weighted by molar-refractivity contribution is 1.12. The molecule has 4 heteroatoms. The van der Waals surface area contributed by atoms with Gasteiger partial charge in [0.25, 0.3) is 0 Å². The molecule has 0 saturated heterocycles. The number of nitrogens with zero attached hydrogens (tertiary/aromatic N) is 1. The summed E-state index contributed by atoms with van der Waals surface area (Å²) >= 11 is 1.85. The average molecular weight is 153 g/mol. The maximum absolute atomic E-state index is 5.36. The van der Waals surface area contributed by atoms with Crippen LogP contribution in [0.15, 0.2) is 4.99 Å². The van der Waals surface area contributed by atoms with Crippen molar-refractivity contribution in [2.24, 2.45) is 10.7 Å². The number of rotatable bonds is 0. The smallest absolute Gasteiger partial charge is 0.104 e. The van der Waals surface area contributed by atoms with Gasteiger partial charge in [-0.25, -0.2) is 0 Å². The molecular weight excluding hydrogens is 144 g/mol. The first-order valence-corrected chi connectivity index (χ1v) is 3.41. The largest absolute Gasteiger partial charge is 0.387 e. The molecule has 2 nitrogen and oxygen atoms in total. The van der Waals surface area contributed by atoms with Crippen LogP contribution in [0.25, 0.3) is 0 Å². The highest BCUT2D eigenvalue weighted by atomic mass is 35.5. The summed E-state index contributed by atoms with van der Waals surface area (Å²) in [5, 5.41) is 0. The number of amidine groups is 1. The van der Waals surface area contributed by atoms with Crippen molar-refractivity contribution < 1.29 is 0 Å². The van der Waals surface area contributed by atoms with Crippen LogP contribution < -0.4 is 5.73 Å². The maximum Gasteiger partial charge on any atom is 0.104 e. The molecule has 0 aromatic heterocycles. The molecule has 0 atom stereocenters. The Morgan fingerprint density at radius 3 is 2.62 bits per heavy atom. The topological polar surface area (TPSA) is 38.4 Å². The summed E-state index contributed by atoms with van der Waals surface area (Å²) in [4.78, 5) is 4.00. The zero-order valence-electron chi connectivity index (χ0n) is 4.46. The van der Waals surface area contributed by atoms with Crippen LogP contribution >= 0.6 is 24.2 Å². The van der Waals surface area contributed by atoms with Gasteiger partial charge in [0, 0.05) is 5.75 Å². The summed E-state index contributed by atoms with van der Waals surface area (Å²) in [6.07, 6.45) is 0. The normalized spacial score (nSPS) is 18.8. The minimum absolute atomic E-state index is 0. The van der Waals surface area contributed by atoms with E-state index in [2.05, 4.69) is 4.99 Å². The van der Waals surface area contributed by atoms with Gasteiger partial charge in [-0.15, -0.1) is 12.4 Å². The predicted octanol–water partition coefficient (Wildman–Crippen LogP) is 0.512. The Labute approximate surface area is 59.3 Å². The highest BCUT2D eigenvalue weighted by molar-refractivity contribution is 8.00. The molecule has 48 valence electrons. The zero-order valence-corrected chi connectivity index (χ0v) is 6.10. The van der Waals surface area contributed by atoms with Crippen LogP contribution in [-0.4, -0.2) is 23.9 Å². The van der Waals surface area contributed by atoms with E-state index in [0.29, 0.717) is 0 Å². The zero-order chi connectivity index (χ0) is 5.11. The molecule has 0 aliphatic carbocycles. The van der Waals surface area contributed by atoms with Crippen LogP contribution in [0.1, 0.15) is 0 Å². The average Bonchev–Trinajstić information content (AvgIpc) is 1.69. The van der Waals surface area contributed by atoms with Gasteiger partial charge in [-0.1, -0.05) is 0 Å². The molecular formula is C4H9ClN2S. The Morgan fingerprint density at radius 2 is 2.38 bits per heavy atom. The lowest BCUT2D eigenvalue weighted by Gasteiger charge is -2.04. The van der Waals surface area contributed by atoms with Crippen molar-refractivity contribution in [1.29, 1.82) is 0 Å². The molecule has 0 unspecified atom stereocenters. The lowest BCUT2D eigenvalue weighted by atomic mass is 10.6. The van der Waals surface area contributed by atoms with Gasteiger partial charge in [0.2, 0.25) is 0 Å². The van der Waals surface area contributed by atoms with E-state index in [1.165, 1.54) is 0 Å². The minimum atomic E-state index is 0. The maximum atomic E-state index is 5.36. The van der Waals surface area contributed by atoms with Crippen LogP contribution in [-0.2, 0) is 0 Å². The molecule has 0 bridgehead atoms. The molecule has 0 spiro atoms. The Hall–Kier alpha value is 0.110. The molecule has 1 rings (SSSR count). The molecule has 0 saturated carbocycles. The third-order valence-corrected chi connectivity index (χ3v) is 1.77. The number of thioether (sulfide) groups is 1. The molecule has 0 fully saturated rings. The summed E-state index contributed by atoms with van der Waals surface area (Å²) in [6.45, 7) is 0.913. The fourth-order valence-electron chi connectivity index (χ4n) is 0.476. The fourth-order valence-corrected chi connectivity index (χ4v) is 1.14. The summed E-state index contributed by atoms with van der Waals surface area (Å²) in [7, 11) is 0.